The number of aromatic hydroxyl groups is 2. The second kappa shape index (κ2) is 4.88. The Kier molecular flexibility index (Phi) is 3.45. The summed E-state index contributed by atoms with van der Waals surface area (Å²) in [5.41, 5.74) is 0.176. The maximum atomic E-state index is 12.4. The molecule has 1 aromatic rings. The van der Waals surface area contributed by atoms with Gasteiger partial charge in [0.15, 0.2) is 11.5 Å². The van der Waals surface area contributed by atoms with Gasteiger partial charge in [-0.25, -0.2) is 0 Å². The SMILES string of the molecule is C[C@@H]1CCC[C@H](C)N1C(=O)c1cccc(O)c1O. The number of carbonyl (C=O) groups is 1. The van der Waals surface area contributed by atoms with E-state index < -0.39 is 0 Å². The van der Waals surface area contributed by atoms with Crippen LogP contribution in [0.5, 0.6) is 11.5 Å². The van der Waals surface area contributed by atoms with Crippen LogP contribution in [0, 0.1) is 0 Å². The molecule has 0 aliphatic carbocycles. The molecule has 0 aromatic heterocycles. The Labute approximate surface area is 107 Å². The topological polar surface area (TPSA) is 60.8 Å². The van der Waals surface area contributed by atoms with Crippen molar-refractivity contribution in [3.8, 4) is 11.5 Å². The summed E-state index contributed by atoms with van der Waals surface area (Å²) in [5, 5.41) is 19.2. The van der Waals surface area contributed by atoms with E-state index in [1.165, 1.54) is 6.07 Å². The Morgan fingerprint density at radius 3 is 2.44 bits per heavy atom. The van der Waals surface area contributed by atoms with E-state index in [0.29, 0.717) is 0 Å². The van der Waals surface area contributed by atoms with Gasteiger partial charge in [0.1, 0.15) is 0 Å². The molecule has 0 saturated carbocycles. The Morgan fingerprint density at radius 1 is 1.22 bits per heavy atom. The summed E-state index contributed by atoms with van der Waals surface area (Å²) in [6.45, 7) is 4.04. The van der Waals surface area contributed by atoms with Gasteiger partial charge in [0.05, 0.1) is 5.56 Å². The van der Waals surface area contributed by atoms with Gasteiger partial charge in [-0.15, -0.1) is 0 Å². The van der Waals surface area contributed by atoms with E-state index in [1.54, 1.807) is 17.0 Å². The van der Waals surface area contributed by atoms with Crippen LogP contribution < -0.4 is 0 Å². The Bertz CT molecular complexity index is 448. The third-order valence-electron chi connectivity index (χ3n) is 3.67. The zero-order chi connectivity index (χ0) is 13.3. The number of amides is 1. The number of rotatable bonds is 1. The number of piperidine rings is 1. The van der Waals surface area contributed by atoms with Gasteiger partial charge in [-0.1, -0.05) is 6.07 Å². The highest BCUT2D eigenvalue weighted by Crippen LogP contribution is 2.32. The van der Waals surface area contributed by atoms with Gasteiger partial charge in [0.2, 0.25) is 0 Å². The summed E-state index contributed by atoms with van der Waals surface area (Å²) in [6.07, 6.45) is 3.09. The molecule has 0 radical (unpaired) electrons. The molecule has 2 rings (SSSR count). The number of phenols is 2. The van der Waals surface area contributed by atoms with Crippen molar-refractivity contribution in [2.45, 2.75) is 45.2 Å². The lowest BCUT2D eigenvalue weighted by atomic mass is 9.96. The summed E-state index contributed by atoms with van der Waals surface area (Å²) in [4.78, 5) is 14.3. The lowest BCUT2D eigenvalue weighted by molar-refractivity contribution is 0.0507. The monoisotopic (exact) mass is 249 g/mol. The van der Waals surface area contributed by atoms with E-state index in [9.17, 15) is 15.0 Å². The molecule has 1 fully saturated rings. The van der Waals surface area contributed by atoms with Gasteiger partial charge >= 0.3 is 0 Å². The molecule has 2 N–H and O–H groups in total. The molecule has 0 bridgehead atoms. The number of nitrogens with zero attached hydrogens (tertiary/aromatic N) is 1. The number of carbonyl (C=O) groups excluding carboxylic acids is 1. The smallest absolute Gasteiger partial charge is 0.258 e. The fourth-order valence-corrected chi connectivity index (χ4v) is 2.66. The zero-order valence-electron chi connectivity index (χ0n) is 10.8. The normalized spacial score (nSPS) is 24.0. The van der Waals surface area contributed by atoms with Gasteiger partial charge in [-0.2, -0.15) is 0 Å². The summed E-state index contributed by atoms with van der Waals surface area (Å²) < 4.78 is 0. The summed E-state index contributed by atoms with van der Waals surface area (Å²) >= 11 is 0. The molecule has 1 aromatic carbocycles. The standard InChI is InChI=1S/C14H19NO3/c1-9-5-3-6-10(2)15(9)14(18)11-7-4-8-12(16)13(11)17/h4,7-10,16-17H,3,5-6H2,1-2H3/t9-,10+. The summed E-state index contributed by atoms with van der Waals surface area (Å²) in [7, 11) is 0. The van der Waals surface area contributed by atoms with Crippen molar-refractivity contribution in [1.82, 2.24) is 4.90 Å². The van der Waals surface area contributed by atoms with Crippen molar-refractivity contribution < 1.29 is 15.0 Å². The Balaban J connectivity index is 2.32. The van der Waals surface area contributed by atoms with Crippen molar-refractivity contribution in [3.05, 3.63) is 23.8 Å². The number of phenolic OH excluding ortho intramolecular Hbond substituents is 2. The lowest BCUT2D eigenvalue weighted by Crippen LogP contribution is -2.47. The van der Waals surface area contributed by atoms with E-state index in [4.69, 9.17) is 0 Å². The second-order valence-electron chi connectivity index (χ2n) is 5.01. The first-order valence-corrected chi connectivity index (χ1v) is 6.36. The van der Waals surface area contributed by atoms with Crippen LogP contribution in [0.3, 0.4) is 0 Å². The van der Waals surface area contributed by atoms with Gasteiger partial charge in [-0.3, -0.25) is 4.79 Å². The molecule has 18 heavy (non-hydrogen) atoms. The van der Waals surface area contributed by atoms with Gasteiger partial charge in [0, 0.05) is 12.1 Å². The largest absolute Gasteiger partial charge is 0.504 e. The van der Waals surface area contributed by atoms with Crippen LogP contribution in [0.2, 0.25) is 0 Å². The van der Waals surface area contributed by atoms with Crippen LogP contribution >= 0.6 is 0 Å². The van der Waals surface area contributed by atoms with Crippen molar-refractivity contribution in [3.63, 3.8) is 0 Å². The highest BCUT2D eigenvalue weighted by atomic mass is 16.3. The minimum Gasteiger partial charge on any atom is -0.504 e. The molecule has 1 saturated heterocycles. The Morgan fingerprint density at radius 2 is 1.83 bits per heavy atom. The quantitative estimate of drug-likeness (QED) is 0.752. The van der Waals surface area contributed by atoms with Crippen LogP contribution in [0.25, 0.3) is 0 Å². The van der Waals surface area contributed by atoms with E-state index in [2.05, 4.69) is 0 Å². The maximum absolute atomic E-state index is 12.4. The highest BCUT2D eigenvalue weighted by Gasteiger charge is 2.31. The van der Waals surface area contributed by atoms with Crippen molar-refractivity contribution in [1.29, 1.82) is 0 Å². The molecule has 1 aliphatic heterocycles. The molecular formula is C14H19NO3. The molecule has 1 amide bonds. The minimum atomic E-state index is -0.326. The first kappa shape index (κ1) is 12.7. The molecule has 0 unspecified atom stereocenters. The lowest BCUT2D eigenvalue weighted by Gasteiger charge is -2.39. The molecule has 1 heterocycles. The van der Waals surface area contributed by atoms with Crippen LogP contribution in [0.1, 0.15) is 43.5 Å². The zero-order valence-corrected chi connectivity index (χ0v) is 10.8. The first-order chi connectivity index (χ1) is 8.52. The average Bonchev–Trinajstić information content (AvgIpc) is 2.32. The molecular weight excluding hydrogens is 230 g/mol. The van der Waals surface area contributed by atoms with Gasteiger partial charge in [0.25, 0.3) is 5.91 Å². The van der Waals surface area contributed by atoms with Crippen molar-refractivity contribution >= 4 is 5.91 Å². The van der Waals surface area contributed by atoms with E-state index in [1.807, 2.05) is 13.8 Å². The van der Waals surface area contributed by atoms with Crippen LogP contribution in [-0.4, -0.2) is 33.1 Å². The van der Waals surface area contributed by atoms with Crippen LogP contribution in [0.15, 0.2) is 18.2 Å². The molecule has 4 nitrogen and oxygen atoms in total. The summed E-state index contributed by atoms with van der Waals surface area (Å²) in [6, 6.07) is 4.83. The molecule has 2 atom stereocenters. The molecule has 1 aliphatic rings. The Hall–Kier alpha value is -1.71. The van der Waals surface area contributed by atoms with Crippen LogP contribution in [-0.2, 0) is 0 Å². The highest BCUT2D eigenvalue weighted by molar-refractivity contribution is 5.98. The molecule has 4 heteroatoms. The van der Waals surface area contributed by atoms with Crippen molar-refractivity contribution in [2.75, 3.05) is 0 Å². The number of benzene rings is 1. The van der Waals surface area contributed by atoms with E-state index in [0.717, 1.165) is 19.3 Å². The van der Waals surface area contributed by atoms with Crippen LogP contribution in [0.4, 0.5) is 0 Å². The number of likely N-dealkylation sites (tertiary alicyclic amines) is 1. The van der Waals surface area contributed by atoms with Gasteiger partial charge in [-0.05, 0) is 45.2 Å². The third kappa shape index (κ3) is 2.15. The number of para-hydroxylation sites is 1. The first-order valence-electron chi connectivity index (χ1n) is 6.36. The number of hydrogen-bond acceptors (Lipinski definition) is 3. The molecule has 0 spiro atoms. The van der Waals surface area contributed by atoms with Crippen molar-refractivity contribution in [2.24, 2.45) is 0 Å². The average molecular weight is 249 g/mol. The summed E-state index contributed by atoms with van der Waals surface area (Å²) in [5.74, 6) is -0.784. The maximum Gasteiger partial charge on any atom is 0.258 e. The minimum absolute atomic E-state index is 0.169. The number of hydrogen-bond donors (Lipinski definition) is 2. The second-order valence-corrected chi connectivity index (χ2v) is 5.01. The fourth-order valence-electron chi connectivity index (χ4n) is 2.66. The van der Waals surface area contributed by atoms with E-state index in [-0.39, 0.29) is 35.1 Å². The fraction of sp³-hybridized carbons (Fsp3) is 0.500. The predicted octanol–water partition coefficient (Wildman–Crippen LogP) is 2.50. The predicted molar refractivity (Wildman–Crippen MR) is 68.7 cm³/mol. The van der Waals surface area contributed by atoms with E-state index >= 15 is 0 Å². The third-order valence-corrected chi connectivity index (χ3v) is 3.67. The molecule has 98 valence electrons. The van der Waals surface area contributed by atoms with Gasteiger partial charge < -0.3 is 15.1 Å².